The molecule has 0 spiro atoms. The van der Waals surface area contributed by atoms with Crippen LogP contribution in [0.2, 0.25) is 0 Å². The van der Waals surface area contributed by atoms with Gasteiger partial charge >= 0.3 is 7.12 Å². The quantitative estimate of drug-likeness (QED) is 0.838. The molecule has 1 saturated heterocycles. The fourth-order valence-corrected chi connectivity index (χ4v) is 2.21. The molecule has 0 aliphatic carbocycles. The van der Waals surface area contributed by atoms with Gasteiger partial charge in [0.15, 0.2) is 0 Å². The molecule has 0 atom stereocenters. The van der Waals surface area contributed by atoms with E-state index >= 15 is 0 Å². The van der Waals surface area contributed by atoms with Gasteiger partial charge in [0.1, 0.15) is 5.75 Å². The van der Waals surface area contributed by atoms with Gasteiger partial charge in [-0.05, 0) is 50.9 Å². The van der Waals surface area contributed by atoms with Gasteiger partial charge in [-0.2, -0.15) is 0 Å². The third kappa shape index (κ3) is 4.15. The second-order valence-corrected chi connectivity index (χ2v) is 6.81. The first-order valence-electron chi connectivity index (χ1n) is 7.70. The highest BCUT2D eigenvalue weighted by molar-refractivity contribution is 6.56. The topological polar surface area (TPSA) is 67.8 Å². The van der Waals surface area contributed by atoms with Crippen molar-refractivity contribution in [3.63, 3.8) is 0 Å². The van der Waals surface area contributed by atoms with Crippen molar-refractivity contribution in [1.29, 1.82) is 0 Å². The molecule has 0 saturated carbocycles. The molecule has 1 heterocycles. The minimum absolute atomic E-state index is 0.113. The summed E-state index contributed by atoms with van der Waals surface area (Å²) in [6, 6.07) is 6.83. The average molecular weight is 317 g/mol. The molecule has 1 amide bonds. The number of hydrogen-bond acceptors (Lipinski definition) is 4. The van der Waals surface area contributed by atoms with E-state index in [1.165, 1.54) is 6.92 Å². The third-order valence-corrected chi connectivity index (χ3v) is 4.34. The van der Waals surface area contributed by atoms with E-state index in [1.807, 2.05) is 33.8 Å². The number of hydrogen-bond donors (Lipinski definition) is 2. The summed E-state index contributed by atoms with van der Waals surface area (Å²) < 4.78 is 12.1. The number of rotatable bonds is 4. The van der Waals surface area contributed by atoms with Crippen LogP contribution in [0.5, 0.6) is 5.75 Å². The summed E-state index contributed by atoms with van der Waals surface area (Å²) in [6.45, 7) is 9.77. The molecule has 1 aliphatic heterocycles. The highest BCUT2D eigenvalue weighted by atomic mass is 16.7. The zero-order chi connectivity index (χ0) is 17.3. The Hall–Kier alpha value is -1.79. The Balaban J connectivity index is 2.28. The van der Waals surface area contributed by atoms with Crippen molar-refractivity contribution < 1.29 is 19.2 Å². The molecular formula is C17H24BNO4. The highest BCUT2D eigenvalue weighted by Crippen LogP contribution is 2.38. The predicted molar refractivity (Wildman–Crippen MR) is 90.8 cm³/mol. The van der Waals surface area contributed by atoms with Crippen molar-refractivity contribution in [3.8, 4) is 5.75 Å². The lowest BCUT2D eigenvalue weighted by Crippen LogP contribution is -2.41. The summed E-state index contributed by atoms with van der Waals surface area (Å²) in [5.41, 5.74) is 0.839. The summed E-state index contributed by atoms with van der Waals surface area (Å²) in [7, 11) is -0.527. The van der Waals surface area contributed by atoms with Crippen LogP contribution in [0.15, 0.2) is 29.7 Å². The smallest absolute Gasteiger partial charge is 0.492 e. The second-order valence-electron chi connectivity index (χ2n) is 6.81. The first-order chi connectivity index (χ1) is 10.6. The van der Waals surface area contributed by atoms with Crippen molar-refractivity contribution >= 4 is 19.1 Å². The number of carbonyl (C=O) groups is 1. The number of carbonyl (C=O) groups excluding carboxylic acids is 1. The molecule has 0 radical (unpaired) electrons. The minimum Gasteiger partial charge on any atom is -0.508 e. The highest BCUT2D eigenvalue weighted by Gasteiger charge is 2.52. The fourth-order valence-electron chi connectivity index (χ4n) is 2.21. The number of phenolic OH excluding ortho intramolecular Hbond substituents is 1. The van der Waals surface area contributed by atoms with E-state index in [4.69, 9.17) is 9.31 Å². The molecule has 1 aromatic carbocycles. The minimum atomic E-state index is -0.527. The molecular weight excluding hydrogens is 293 g/mol. The van der Waals surface area contributed by atoms with Gasteiger partial charge < -0.3 is 19.7 Å². The van der Waals surface area contributed by atoms with E-state index in [-0.39, 0.29) is 11.7 Å². The zero-order valence-corrected chi connectivity index (χ0v) is 14.3. The first kappa shape index (κ1) is 17.6. The van der Waals surface area contributed by atoms with Gasteiger partial charge in [0.05, 0.1) is 11.2 Å². The Bertz CT molecular complexity index is 592. The van der Waals surface area contributed by atoms with Crippen LogP contribution in [0.3, 0.4) is 0 Å². The van der Waals surface area contributed by atoms with Crippen molar-refractivity contribution in [2.45, 2.75) is 45.8 Å². The van der Waals surface area contributed by atoms with Gasteiger partial charge in [-0.3, -0.25) is 4.79 Å². The monoisotopic (exact) mass is 317 g/mol. The lowest BCUT2D eigenvalue weighted by molar-refractivity contribution is -0.118. The largest absolute Gasteiger partial charge is 0.508 e. The molecule has 124 valence electrons. The summed E-state index contributed by atoms with van der Waals surface area (Å²) in [4.78, 5) is 11.3. The number of benzene rings is 1. The van der Waals surface area contributed by atoms with E-state index in [9.17, 15) is 9.90 Å². The van der Waals surface area contributed by atoms with Crippen molar-refractivity contribution in [2.24, 2.45) is 0 Å². The number of phenols is 1. The second kappa shape index (κ2) is 6.38. The molecule has 5 nitrogen and oxygen atoms in total. The first-order valence-corrected chi connectivity index (χ1v) is 7.70. The maximum absolute atomic E-state index is 11.3. The molecule has 23 heavy (non-hydrogen) atoms. The van der Waals surface area contributed by atoms with Gasteiger partial charge in [-0.15, -0.1) is 0 Å². The number of nitrogens with one attached hydrogen (secondary N) is 1. The average Bonchev–Trinajstić information content (AvgIpc) is 2.65. The SMILES string of the molecule is CC(=O)NCC(=Cc1ccc(O)cc1)B1OC(C)(C)C(C)(C)O1. The summed E-state index contributed by atoms with van der Waals surface area (Å²) >= 11 is 0. The molecule has 1 aliphatic rings. The molecule has 1 aromatic rings. The fraction of sp³-hybridized carbons (Fsp3) is 0.471. The standard InChI is InChI=1S/C17H24BNO4/c1-12(20)19-11-14(10-13-6-8-15(21)9-7-13)18-22-16(2,3)17(4,5)23-18/h6-10,21H,11H2,1-5H3,(H,19,20). The Kier molecular flexibility index (Phi) is 4.87. The van der Waals surface area contributed by atoms with Crippen LogP contribution in [0.1, 0.15) is 40.2 Å². The molecule has 0 unspecified atom stereocenters. The van der Waals surface area contributed by atoms with Crippen LogP contribution in [-0.2, 0) is 14.1 Å². The van der Waals surface area contributed by atoms with Gasteiger partial charge in [0.25, 0.3) is 0 Å². The zero-order valence-electron chi connectivity index (χ0n) is 14.3. The Morgan fingerprint density at radius 1 is 1.17 bits per heavy atom. The van der Waals surface area contributed by atoms with Crippen LogP contribution < -0.4 is 5.32 Å². The van der Waals surface area contributed by atoms with E-state index < -0.39 is 18.3 Å². The number of amides is 1. The maximum atomic E-state index is 11.3. The van der Waals surface area contributed by atoms with Gasteiger partial charge in [0, 0.05) is 13.5 Å². The third-order valence-electron chi connectivity index (χ3n) is 4.34. The molecule has 2 N–H and O–H groups in total. The van der Waals surface area contributed by atoms with Gasteiger partial charge in [-0.1, -0.05) is 18.2 Å². The van der Waals surface area contributed by atoms with E-state index in [2.05, 4.69) is 5.32 Å². The predicted octanol–water partition coefficient (Wildman–Crippen LogP) is 2.54. The van der Waals surface area contributed by atoms with Crippen molar-refractivity contribution in [1.82, 2.24) is 5.32 Å². The van der Waals surface area contributed by atoms with E-state index in [1.54, 1.807) is 24.3 Å². The molecule has 2 rings (SSSR count). The van der Waals surface area contributed by atoms with Crippen molar-refractivity contribution in [2.75, 3.05) is 6.54 Å². The summed E-state index contributed by atoms with van der Waals surface area (Å²) in [5.74, 6) is 0.0966. The van der Waals surface area contributed by atoms with Crippen LogP contribution in [0.4, 0.5) is 0 Å². The number of aromatic hydroxyl groups is 1. The van der Waals surface area contributed by atoms with Crippen LogP contribution >= 0.6 is 0 Å². The Morgan fingerprint density at radius 2 is 1.70 bits per heavy atom. The molecule has 0 bridgehead atoms. The molecule has 0 aromatic heterocycles. The summed E-state index contributed by atoms with van der Waals surface area (Å²) in [5, 5.41) is 12.2. The maximum Gasteiger partial charge on any atom is 0.492 e. The van der Waals surface area contributed by atoms with Crippen LogP contribution in [-0.4, -0.2) is 35.9 Å². The van der Waals surface area contributed by atoms with Gasteiger partial charge in [0.2, 0.25) is 5.91 Å². The van der Waals surface area contributed by atoms with Gasteiger partial charge in [-0.25, -0.2) is 0 Å². The Labute approximate surface area is 137 Å². The normalized spacial score (nSPS) is 19.7. The molecule has 1 fully saturated rings. The lowest BCUT2D eigenvalue weighted by Gasteiger charge is -2.32. The van der Waals surface area contributed by atoms with E-state index in [0.717, 1.165) is 11.0 Å². The van der Waals surface area contributed by atoms with Crippen LogP contribution in [0, 0.1) is 0 Å². The van der Waals surface area contributed by atoms with Crippen molar-refractivity contribution in [3.05, 3.63) is 35.3 Å². The van der Waals surface area contributed by atoms with E-state index in [0.29, 0.717) is 6.54 Å². The molecule has 6 heteroatoms. The Morgan fingerprint density at radius 3 is 2.17 bits per heavy atom. The lowest BCUT2D eigenvalue weighted by atomic mass is 9.77. The summed E-state index contributed by atoms with van der Waals surface area (Å²) in [6.07, 6.45) is 1.91. The van der Waals surface area contributed by atoms with Crippen LogP contribution in [0.25, 0.3) is 6.08 Å².